The highest BCUT2D eigenvalue weighted by molar-refractivity contribution is 5.18. The van der Waals surface area contributed by atoms with Crippen LogP contribution >= 0.6 is 0 Å². The summed E-state index contributed by atoms with van der Waals surface area (Å²) >= 11 is 0. The van der Waals surface area contributed by atoms with Gasteiger partial charge >= 0.3 is 0 Å². The second-order valence-electron chi connectivity index (χ2n) is 5.07. The molecule has 0 radical (unpaired) electrons. The minimum absolute atomic E-state index is 0.126. The summed E-state index contributed by atoms with van der Waals surface area (Å²) in [6.07, 6.45) is 5.02. The van der Waals surface area contributed by atoms with Crippen LogP contribution in [0.1, 0.15) is 37.3 Å². The quantitative estimate of drug-likeness (QED) is 0.811. The van der Waals surface area contributed by atoms with Gasteiger partial charge in [-0.1, -0.05) is 30.3 Å². The molecule has 3 N–H and O–H groups in total. The van der Waals surface area contributed by atoms with E-state index < -0.39 is 0 Å². The molecule has 3 heteroatoms. The Labute approximate surface area is 110 Å². The summed E-state index contributed by atoms with van der Waals surface area (Å²) < 4.78 is 5.47. The summed E-state index contributed by atoms with van der Waals surface area (Å²) in [5, 5.41) is 3.58. The van der Waals surface area contributed by atoms with E-state index in [2.05, 4.69) is 17.4 Å². The average Bonchev–Trinajstić information content (AvgIpc) is 2.87. The van der Waals surface area contributed by atoms with Crippen molar-refractivity contribution in [1.82, 2.24) is 5.32 Å². The zero-order chi connectivity index (χ0) is 12.8. The van der Waals surface area contributed by atoms with Crippen LogP contribution < -0.4 is 11.1 Å². The third kappa shape index (κ3) is 3.55. The maximum absolute atomic E-state index is 6.18. The molecule has 3 nitrogen and oxygen atoms in total. The van der Waals surface area contributed by atoms with Crippen LogP contribution in [-0.2, 0) is 4.74 Å². The van der Waals surface area contributed by atoms with E-state index in [-0.39, 0.29) is 6.04 Å². The third-order valence-corrected chi connectivity index (χ3v) is 3.84. The van der Waals surface area contributed by atoms with Gasteiger partial charge in [0.25, 0.3) is 0 Å². The molecule has 1 aromatic rings. The van der Waals surface area contributed by atoms with Gasteiger partial charge in [0.1, 0.15) is 0 Å². The molecule has 1 aromatic carbocycles. The molecule has 0 spiro atoms. The first-order valence-corrected chi connectivity index (χ1v) is 6.88. The number of hydrogen-bond donors (Lipinski definition) is 2. The molecule has 2 rings (SSSR count). The second kappa shape index (κ2) is 6.88. The third-order valence-electron chi connectivity index (χ3n) is 3.84. The fourth-order valence-corrected chi connectivity index (χ4v) is 2.73. The van der Waals surface area contributed by atoms with Crippen LogP contribution in [0.3, 0.4) is 0 Å². The highest BCUT2D eigenvalue weighted by Gasteiger charge is 2.26. The van der Waals surface area contributed by atoms with Gasteiger partial charge in [0.05, 0.1) is 6.10 Å². The van der Waals surface area contributed by atoms with Crippen molar-refractivity contribution in [2.24, 2.45) is 5.73 Å². The van der Waals surface area contributed by atoms with Crippen molar-refractivity contribution in [2.75, 3.05) is 13.7 Å². The molecule has 0 amide bonds. The Hall–Kier alpha value is -0.900. The van der Waals surface area contributed by atoms with Gasteiger partial charge in [-0.25, -0.2) is 0 Å². The number of methoxy groups -OCH3 is 1. The highest BCUT2D eigenvalue weighted by atomic mass is 16.5. The maximum Gasteiger partial charge on any atom is 0.0724 e. The lowest BCUT2D eigenvalue weighted by Crippen LogP contribution is -2.38. The molecule has 3 unspecified atom stereocenters. The minimum atomic E-state index is 0.126. The summed E-state index contributed by atoms with van der Waals surface area (Å²) in [5.41, 5.74) is 7.39. The fraction of sp³-hybridized carbons (Fsp3) is 0.600. The van der Waals surface area contributed by atoms with E-state index in [1.54, 1.807) is 7.11 Å². The zero-order valence-electron chi connectivity index (χ0n) is 11.1. The van der Waals surface area contributed by atoms with Crippen molar-refractivity contribution in [1.29, 1.82) is 0 Å². The summed E-state index contributed by atoms with van der Waals surface area (Å²) in [6.45, 7) is 0.959. The highest BCUT2D eigenvalue weighted by Crippen LogP contribution is 2.21. The molecule has 0 saturated heterocycles. The molecular weight excluding hydrogens is 224 g/mol. The predicted octanol–water partition coefficient (Wildman–Crippen LogP) is 2.23. The van der Waals surface area contributed by atoms with Gasteiger partial charge in [-0.05, 0) is 37.8 Å². The maximum atomic E-state index is 6.18. The predicted molar refractivity (Wildman–Crippen MR) is 74.4 cm³/mol. The smallest absolute Gasteiger partial charge is 0.0724 e. The van der Waals surface area contributed by atoms with Crippen molar-refractivity contribution < 1.29 is 4.74 Å². The van der Waals surface area contributed by atoms with Crippen molar-refractivity contribution in [3.63, 3.8) is 0 Å². The normalized spacial score (nSPS) is 25.2. The summed E-state index contributed by atoms with van der Waals surface area (Å²) in [4.78, 5) is 0. The first-order chi connectivity index (χ1) is 8.81. The Balaban J connectivity index is 1.72. The molecule has 100 valence electrons. The SMILES string of the molecule is COC1CCCC1NCCC(N)c1ccccc1. The van der Waals surface area contributed by atoms with Gasteiger partial charge in [-0.2, -0.15) is 0 Å². The van der Waals surface area contributed by atoms with E-state index in [9.17, 15) is 0 Å². The van der Waals surface area contributed by atoms with E-state index in [4.69, 9.17) is 10.5 Å². The summed E-state index contributed by atoms with van der Waals surface area (Å²) in [7, 11) is 1.81. The van der Waals surface area contributed by atoms with Gasteiger partial charge in [0, 0.05) is 19.2 Å². The molecule has 1 aliphatic carbocycles. The number of nitrogens with one attached hydrogen (secondary N) is 1. The Morgan fingerprint density at radius 2 is 2.11 bits per heavy atom. The summed E-state index contributed by atoms with van der Waals surface area (Å²) in [5.74, 6) is 0. The van der Waals surface area contributed by atoms with Crippen LogP contribution in [0.2, 0.25) is 0 Å². The molecular formula is C15H24N2O. The molecule has 1 fully saturated rings. The van der Waals surface area contributed by atoms with Crippen LogP contribution in [0, 0.1) is 0 Å². The Morgan fingerprint density at radius 3 is 2.83 bits per heavy atom. The average molecular weight is 248 g/mol. The van der Waals surface area contributed by atoms with Gasteiger partial charge in [0.15, 0.2) is 0 Å². The van der Waals surface area contributed by atoms with Crippen molar-refractivity contribution in [3.8, 4) is 0 Å². The lowest BCUT2D eigenvalue weighted by Gasteiger charge is -2.21. The Morgan fingerprint density at radius 1 is 1.33 bits per heavy atom. The van der Waals surface area contributed by atoms with Gasteiger partial charge in [0.2, 0.25) is 0 Å². The van der Waals surface area contributed by atoms with Gasteiger partial charge in [-0.3, -0.25) is 0 Å². The number of rotatable bonds is 6. The largest absolute Gasteiger partial charge is 0.380 e. The van der Waals surface area contributed by atoms with E-state index in [1.165, 1.54) is 24.8 Å². The van der Waals surface area contributed by atoms with E-state index in [0.29, 0.717) is 12.1 Å². The van der Waals surface area contributed by atoms with Crippen LogP contribution in [0.15, 0.2) is 30.3 Å². The van der Waals surface area contributed by atoms with Crippen molar-refractivity contribution in [2.45, 2.75) is 43.9 Å². The van der Waals surface area contributed by atoms with Crippen LogP contribution in [0.5, 0.6) is 0 Å². The molecule has 0 heterocycles. The number of ether oxygens (including phenoxy) is 1. The number of benzene rings is 1. The van der Waals surface area contributed by atoms with Crippen molar-refractivity contribution in [3.05, 3.63) is 35.9 Å². The van der Waals surface area contributed by atoms with Crippen molar-refractivity contribution >= 4 is 0 Å². The van der Waals surface area contributed by atoms with E-state index in [0.717, 1.165) is 13.0 Å². The topological polar surface area (TPSA) is 47.3 Å². The monoisotopic (exact) mass is 248 g/mol. The lowest BCUT2D eigenvalue weighted by atomic mass is 10.0. The Kier molecular flexibility index (Phi) is 5.17. The number of hydrogen-bond acceptors (Lipinski definition) is 3. The van der Waals surface area contributed by atoms with Crippen LogP contribution in [-0.4, -0.2) is 25.8 Å². The first kappa shape index (κ1) is 13.5. The molecule has 1 saturated carbocycles. The zero-order valence-corrected chi connectivity index (χ0v) is 11.1. The van der Waals surface area contributed by atoms with Crippen LogP contribution in [0.4, 0.5) is 0 Å². The molecule has 3 atom stereocenters. The fourth-order valence-electron chi connectivity index (χ4n) is 2.73. The van der Waals surface area contributed by atoms with Gasteiger partial charge < -0.3 is 15.8 Å². The molecule has 18 heavy (non-hydrogen) atoms. The molecule has 1 aliphatic rings. The second-order valence-corrected chi connectivity index (χ2v) is 5.07. The number of nitrogens with two attached hydrogens (primary N) is 1. The van der Waals surface area contributed by atoms with Crippen LogP contribution in [0.25, 0.3) is 0 Å². The van der Waals surface area contributed by atoms with Gasteiger partial charge in [-0.15, -0.1) is 0 Å². The molecule has 0 aromatic heterocycles. The lowest BCUT2D eigenvalue weighted by molar-refractivity contribution is 0.0851. The molecule has 0 bridgehead atoms. The van der Waals surface area contributed by atoms with E-state index >= 15 is 0 Å². The molecule has 0 aliphatic heterocycles. The minimum Gasteiger partial charge on any atom is -0.380 e. The summed E-state index contributed by atoms with van der Waals surface area (Å²) in [6, 6.07) is 10.9. The Bertz CT molecular complexity index is 342. The standard InChI is InChI=1S/C15H24N2O/c1-18-15-9-5-8-14(15)17-11-10-13(16)12-6-3-2-4-7-12/h2-4,6-7,13-15,17H,5,8-11,16H2,1H3. The first-order valence-electron chi connectivity index (χ1n) is 6.88. The van der Waals surface area contributed by atoms with E-state index in [1.807, 2.05) is 18.2 Å².